The molecule has 0 saturated heterocycles. The smallest absolute Gasteiger partial charge is 0.00202 e. The summed E-state index contributed by atoms with van der Waals surface area (Å²) in [4.78, 5) is 0. The van der Waals surface area contributed by atoms with Gasteiger partial charge in [0.2, 0.25) is 0 Å². The van der Waals surface area contributed by atoms with Crippen molar-refractivity contribution in [3.8, 4) is 0 Å². The minimum absolute atomic E-state index is 0.719. The highest BCUT2D eigenvalue weighted by atomic mass is 14.2. The molecular weight excluding hydrogens is 144 g/mol. The fourth-order valence-corrected chi connectivity index (χ4v) is 2.04. The molecular formula is C12H16. The number of rotatable bonds is 1. The Hall–Kier alpha value is -0.780. The monoisotopic (exact) mass is 160 g/mol. The Morgan fingerprint density at radius 3 is 2.75 bits per heavy atom. The van der Waals surface area contributed by atoms with Crippen LogP contribution in [0.25, 0.3) is 0 Å². The Balaban J connectivity index is 2.06. The fourth-order valence-electron chi connectivity index (χ4n) is 2.04. The van der Waals surface area contributed by atoms with Crippen molar-refractivity contribution in [2.45, 2.75) is 26.2 Å². The molecule has 0 amide bonds. The largest absolute Gasteiger partial charge is 0.0850 e. The summed E-state index contributed by atoms with van der Waals surface area (Å²) in [6, 6.07) is 0. The van der Waals surface area contributed by atoms with Gasteiger partial charge >= 0.3 is 0 Å². The van der Waals surface area contributed by atoms with E-state index in [1.807, 2.05) is 0 Å². The average molecular weight is 160 g/mol. The average Bonchev–Trinajstić information content (AvgIpc) is 2.54. The lowest BCUT2D eigenvalue weighted by atomic mass is 9.92. The second kappa shape index (κ2) is 3.30. The molecule has 0 heterocycles. The van der Waals surface area contributed by atoms with E-state index in [0.29, 0.717) is 0 Å². The van der Waals surface area contributed by atoms with Crippen molar-refractivity contribution in [1.29, 1.82) is 0 Å². The Morgan fingerprint density at radius 1 is 1.25 bits per heavy atom. The van der Waals surface area contributed by atoms with E-state index >= 15 is 0 Å². The van der Waals surface area contributed by atoms with Gasteiger partial charge in [0.1, 0.15) is 0 Å². The van der Waals surface area contributed by atoms with Crippen LogP contribution < -0.4 is 0 Å². The zero-order chi connectivity index (χ0) is 8.39. The van der Waals surface area contributed by atoms with Crippen LogP contribution in [0.2, 0.25) is 0 Å². The van der Waals surface area contributed by atoms with Crippen LogP contribution in [0.3, 0.4) is 0 Å². The van der Waals surface area contributed by atoms with Gasteiger partial charge in [-0.05, 0) is 30.8 Å². The molecule has 64 valence electrons. The lowest BCUT2D eigenvalue weighted by Crippen LogP contribution is -1.99. The van der Waals surface area contributed by atoms with E-state index in [9.17, 15) is 0 Å². The van der Waals surface area contributed by atoms with Gasteiger partial charge in [-0.25, -0.2) is 0 Å². The van der Waals surface area contributed by atoms with Crippen LogP contribution in [0, 0.1) is 11.8 Å². The normalized spacial score (nSPS) is 33.9. The van der Waals surface area contributed by atoms with Gasteiger partial charge < -0.3 is 0 Å². The van der Waals surface area contributed by atoms with Crippen LogP contribution in [0.15, 0.2) is 36.0 Å². The summed E-state index contributed by atoms with van der Waals surface area (Å²) in [5.74, 6) is 1.50. The molecule has 2 aliphatic rings. The van der Waals surface area contributed by atoms with E-state index in [4.69, 9.17) is 0 Å². The maximum Gasteiger partial charge on any atom is 0.00202 e. The zero-order valence-electron chi connectivity index (χ0n) is 7.66. The molecule has 0 aliphatic heterocycles. The highest BCUT2D eigenvalue weighted by Gasteiger charge is 2.17. The van der Waals surface area contributed by atoms with Gasteiger partial charge in [0.05, 0.1) is 0 Å². The van der Waals surface area contributed by atoms with Gasteiger partial charge in [0, 0.05) is 5.92 Å². The molecule has 2 aliphatic carbocycles. The van der Waals surface area contributed by atoms with Gasteiger partial charge in [0.15, 0.2) is 0 Å². The zero-order valence-corrected chi connectivity index (χ0v) is 7.66. The molecule has 0 N–H and O–H groups in total. The second-order valence-corrected chi connectivity index (χ2v) is 3.89. The topological polar surface area (TPSA) is 0 Å². The second-order valence-electron chi connectivity index (χ2n) is 3.89. The molecule has 2 rings (SSSR count). The molecule has 0 saturated carbocycles. The molecule has 0 fully saturated rings. The minimum atomic E-state index is 0.719. The van der Waals surface area contributed by atoms with E-state index in [0.717, 1.165) is 11.8 Å². The summed E-state index contributed by atoms with van der Waals surface area (Å²) in [6.07, 6.45) is 15.5. The standard InChI is InChI=1S/C12H16/c1-10-7-8-12(9-10)11-5-3-2-4-6-11/h3,5-8,10,12H,2,4,9H2,1H3. The van der Waals surface area contributed by atoms with Crippen molar-refractivity contribution < 1.29 is 0 Å². The third kappa shape index (κ3) is 1.52. The highest BCUT2D eigenvalue weighted by molar-refractivity contribution is 5.30. The maximum atomic E-state index is 2.40. The van der Waals surface area contributed by atoms with E-state index in [1.54, 1.807) is 5.57 Å². The van der Waals surface area contributed by atoms with Crippen LogP contribution >= 0.6 is 0 Å². The van der Waals surface area contributed by atoms with Gasteiger partial charge in [0.25, 0.3) is 0 Å². The maximum absolute atomic E-state index is 2.40. The molecule has 0 radical (unpaired) electrons. The van der Waals surface area contributed by atoms with Crippen molar-refractivity contribution in [3.63, 3.8) is 0 Å². The fraction of sp³-hybridized carbons (Fsp3) is 0.500. The van der Waals surface area contributed by atoms with Crippen LogP contribution in [0.4, 0.5) is 0 Å². The molecule has 0 nitrogen and oxygen atoms in total. The first-order chi connectivity index (χ1) is 5.86. The summed E-state index contributed by atoms with van der Waals surface area (Å²) in [7, 11) is 0. The Bertz CT molecular complexity index is 243. The van der Waals surface area contributed by atoms with Gasteiger partial charge in [-0.2, -0.15) is 0 Å². The molecule has 0 heteroatoms. The van der Waals surface area contributed by atoms with Crippen molar-refractivity contribution in [1.82, 2.24) is 0 Å². The van der Waals surface area contributed by atoms with Crippen LogP contribution in [0.1, 0.15) is 26.2 Å². The van der Waals surface area contributed by atoms with E-state index < -0.39 is 0 Å². The van der Waals surface area contributed by atoms with Gasteiger partial charge in [-0.1, -0.05) is 37.3 Å². The number of hydrogen-bond acceptors (Lipinski definition) is 0. The molecule has 2 unspecified atom stereocenters. The summed E-state index contributed by atoms with van der Waals surface area (Å²) in [5, 5.41) is 0. The summed E-state index contributed by atoms with van der Waals surface area (Å²) < 4.78 is 0. The Kier molecular flexibility index (Phi) is 2.16. The van der Waals surface area contributed by atoms with Crippen LogP contribution in [-0.2, 0) is 0 Å². The molecule has 12 heavy (non-hydrogen) atoms. The lowest BCUT2D eigenvalue weighted by Gasteiger charge is -2.13. The molecule has 2 atom stereocenters. The molecule has 0 aromatic heterocycles. The third-order valence-electron chi connectivity index (χ3n) is 2.75. The first kappa shape index (κ1) is 7.85. The van der Waals surface area contributed by atoms with Crippen molar-refractivity contribution in [3.05, 3.63) is 36.0 Å². The Morgan fingerprint density at radius 2 is 2.17 bits per heavy atom. The minimum Gasteiger partial charge on any atom is -0.0850 e. The SMILES string of the molecule is CC1C=CC(C2=CCCC=C2)C1. The third-order valence-corrected chi connectivity index (χ3v) is 2.75. The van der Waals surface area contributed by atoms with Crippen LogP contribution in [-0.4, -0.2) is 0 Å². The van der Waals surface area contributed by atoms with Crippen molar-refractivity contribution in [2.75, 3.05) is 0 Å². The van der Waals surface area contributed by atoms with E-state index in [1.165, 1.54) is 19.3 Å². The first-order valence-electron chi connectivity index (χ1n) is 4.91. The summed E-state index contributed by atoms with van der Waals surface area (Å²) >= 11 is 0. The quantitative estimate of drug-likeness (QED) is 0.515. The predicted molar refractivity (Wildman–Crippen MR) is 52.9 cm³/mol. The van der Waals surface area contributed by atoms with E-state index in [2.05, 4.69) is 37.3 Å². The van der Waals surface area contributed by atoms with Crippen LogP contribution in [0.5, 0.6) is 0 Å². The first-order valence-corrected chi connectivity index (χ1v) is 4.91. The van der Waals surface area contributed by atoms with E-state index in [-0.39, 0.29) is 0 Å². The Labute approximate surface area is 74.7 Å². The highest BCUT2D eigenvalue weighted by Crippen LogP contribution is 2.31. The van der Waals surface area contributed by atoms with Gasteiger partial charge in [-0.3, -0.25) is 0 Å². The lowest BCUT2D eigenvalue weighted by molar-refractivity contribution is 0.612. The molecule has 0 aromatic carbocycles. The number of allylic oxidation sites excluding steroid dienone is 6. The summed E-state index contributed by atoms with van der Waals surface area (Å²) in [6.45, 7) is 2.30. The van der Waals surface area contributed by atoms with Crippen molar-refractivity contribution >= 4 is 0 Å². The molecule has 0 aromatic rings. The molecule has 0 bridgehead atoms. The predicted octanol–water partition coefficient (Wildman–Crippen LogP) is 3.48. The summed E-state index contributed by atoms with van der Waals surface area (Å²) in [5.41, 5.74) is 1.54. The van der Waals surface area contributed by atoms with Crippen molar-refractivity contribution in [2.24, 2.45) is 11.8 Å². The van der Waals surface area contributed by atoms with Gasteiger partial charge in [-0.15, -0.1) is 0 Å². The number of hydrogen-bond donors (Lipinski definition) is 0. The molecule has 0 spiro atoms.